The van der Waals surface area contributed by atoms with E-state index in [1.165, 1.54) is 5.69 Å². The normalized spacial score (nSPS) is 10.6. The third-order valence-electron chi connectivity index (χ3n) is 2.15. The molecule has 78 valence electrons. The quantitative estimate of drug-likeness (QED) is 0.817. The van der Waals surface area contributed by atoms with Crippen LogP contribution in [0.4, 0.5) is 5.69 Å². The molecule has 1 aromatic rings. The predicted molar refractivity (Wildman–Crippen MR) is 66.0 cm³/mol. The van der Waals surface area contributed by atoms with Crippen molar-refractivity contribution in [1.29, 1.82) is 0 Å². The van der Waals surface area contributed by atoms with E-state index in [0.29, 0.717) is 0 Å². The van der Waals surface area contributed by atoms with Crippen LogP contribution in [0.3, 0.4) is 0 Å². The van der Waals surface area contributed by atoms with Gasteiger partial charge in [-0.3, -0.25) is 0 Å². The molecule has 0 aliphatic carbocycles. The number of benzene rings is 1. The summed E-state index contributed by atoms with van der Waals surface area (Å²) in [7, 11) is 6.30. The van der Waals surface area contributed by atoms with Gasteiger partial charge >= 0.3 is 0 Å². The molecule has 0 heterocycles. The highest BCUT2D eigenvalue weighted by Crippen LogP contribution is 2.16. The second kappa shape index (κ2) is 5.37. The summed E-state index contributed by atoms with van der Waals surface area (Å²) >= 11 is 3.43. The molecule has 0 saturated carbocycles. The topological polar surface area (TPSA) is 6.48 Å². The van der Waals surface area contributed by atoms with E-state index in [0.717, 1.165) is 17.6 Å². The van der Waals surface area contributed by atoms with Crippen LogP contribution in [0, 0.1) is 0 Å². The third-order valence-corrected chi connectivity index (χ3v) is 2.68. The first kappa shape index (κ1) is 11.5. The maximum absolute atomic E-state index is 3.43. The van der Waals surface area contributed by atoms with Gasteiger partial charge in [-0.2, -0.15) is 0 Å². The first-order chi connectivity index (χ1) is 6.59. The monoisotopic (exact) mass is 256 g/mol. The fourth-order valence-corrected chi connectivity index (χ4v) is 1.44. The Labute approximate surface area is 94.6 Å². The maximum atomic E-state index is 3.43. The summed E-state index contributed by atoms with van der Waals surface area (Å²) in [5, 5.41) is 0. The van der Waals surface area contributed by atoms with Gasteiger partial charge in [-0.05, 0) is 38.4 Å². The Morgan fingerprint density at radius 2 is 1.57 bits per heavy atom. The minimum Gasteiger partial charge on any atom is -0.373 e. The molecule has 1 rings (SSSR count). The molecule has 0 saturated heterocycles. The van der Waals surface area contributed by atoms with Crippen LogP contribution >= 0.6 is 15.9 Å². The van der Waals surface area contributed by atoms with Gasteiger partial charge in [0, 0.05) is 30.3 Å². The summed E-state index contributed by atoms with van der Waals surface area (Å²) in [6, 6.07) is 8.39. The van der Waals surface area contributed by atoms with E-state index in [-0.39, 0.29) is 0 Å². The van der Waals surface area contributed by atoms with Crippen LogP contribution in [0.15, 0.2) is 28.7 Å². The van der Waals surface area contributed by atoms with E-state index in [4.69, 9.17) is 0 Å². The molecule has 1 aromatic carbocycles. The summed E-state index contributed by atoms with van der Waals surface area (Å²) in [6.45, 7) is 2.13. The lowest BCUT2D eigenvalue weighted by Crippen LogP contribution is -2.28. The fraction of sp³-hybridized carbons (Fsp3) is 0.455. The zero-order chi connectivity index (χ0) is 10.6. The Balaban J connectivity index is 2.52. The first-order valence-electron chi connectivity index (χ1n) is 4.71. The Kier molecular flexibility index (Phi) is 4.42. The summed E-state index contributed by atoms with van der Waals surface area (Å²) in [4.78, 5) is 4.45. The number of hydrogen-bond donors (Lipinski definition) is 0. The second-order valence-electron chi connectivity index (χ2n) is 3.70. The fourth-order valence-electron chi connectivity index (χ4n) is 1.17. The molecule has 14 heavy (non-hydrogen) atoms. The molecule has 0 fully saturated rings. The number of halogens is 1. The van der Waals surface area contributed by atoms with E-state index in [9.17, 15) is 0 Å². The minimum atomic E-state index is 1.05. The average molecular weight is 257 g/mol. The van der Waals surface area contributed by atoms with Crippen molar-refractivity contribution in [2.45, 2.75) is 0 Å². The van der Waals surface area contributed by atoms with E-state index in [2.05, 4.69) is 71.1 Å². The van der Waals surface area contributed by atoms with Gasteiger partial charge in [0.25, 0.3) is 0 Å². The Morgan fingerprint density at radius 3 is 2.07 bits per heavy atom. The molecule has 0 aromatic heterocycles. The number of rotatable bonds is 4. The summed E-state index contributed by atoms with van der Waals surface area (Å²) in [5.41, 5.74) is 1.26. The van der Waals surface area contributed by atoms with Crippen molar-refractivity contribution in [3.05, 3.63) is 28.7 Å². The number of likely N-dealkylation sites (N-methyl/N-ethyl adjacent to an activating group) is 2. The Morgan fingerprint density at radius 1 is 1.00 bits per heavy atom. The van der Waals surface area contributed by atoms with E-state index < -0.39 is 0 Å². The summed E-state index contributed by atoms with van der Waals surface area (Å²) in [6.07, 6.45) is 0. The highest BCUT2D eigenvalue weighted by molar-refractivity contribution is 9.10. The van der Waals surface area contributed by atoms with E-state index >= 15 is 0 Å². The summed E-state index contributed by atoms with van der Waals surface area (Å²) in [5.74, 6) is 0. The molecule has 0 aliphatic heterocycles. The molecular weight excluding hydrogens is 240 g/mol. The smallest absolute Gasteiger partial charge is 0.0364 e. The van der Waals surface area contributed by atoms with Crippen molar-refractivity contribution in [1.82, 2.24) is 4.90 Å². The lowest BCUT2D eigenvalue weighted by Gasteiger charge is -2.21. The first-order valence-corrected chi connectivity index (χ1v) is 5.50. The highest BCUT2D eigenvalue weighted by atomic mass is 79.9. The molecule has 0 atom stereocenters. The number of anilines is 1. The van der Waals surface area contributed by atoms with Crippen molar-refractivity contribution in [3.8, 4) is 0 Å². The van der Waals surface area contributed by atoms with E-state index in [1.807, 2.05) is 0 Å². The SMILES string of the molecule is CN(C)CCN(C)c1ccc(Br)cc1. The van der Waals surface area contributed by atoms with Gasteiger partial charge in [0.2, 0.25) is 0 Å². The van der Waals surface area contributed by atoms with Gasteiger partial charge < -0.3 is 9.80 Å². The van der Waals surface area contributed by atoms with Crippen LogP contribution in [0.2, 0.25) is 0 Å². The predicted octanol–water partition coefficient (Wildman–Crippen LogP) is 2.45. The van der Waals surface area contributed by atoms with E-state index in [1.54, 1.807) is 0 Å². The molecule has 0 amide bonds. The minimum absolute atomic E-state index is 1.05. The van der Waals surface area contributed by atoms with Crippen LogP contribution < -0.4 is 4.90 Å². The molecule has 0 aliphatic rings. The van der Waals surface area contributed by atoms with Crippen LogP contribution in [-0.2, 0) is 0 Å². The third kappa shape index (κ3) is 3.68. The van der Waals surface area contributed by atoms with Gasteiger partial charge in [-0.25, -0.2) is 0 Å². The molecular formula is C11H17BrN2. The van der Waals surface area contributed by atoms with Crippen molar-refractivity contribution in [3.63, 3.8) is 0 Å². The average Bonchev–Trinajstić information content (AvgIpc) is 2.15. The lowest BCUT2D eigenvalue weighted by molar-refractivity contribution is 0.416. The van der Waals surface area contributed by atoms with Gasteiger partial charge in [-0.15, -0.1) is 0 Å². The molecule has 0 bridgehead atoms. The maximum Gasteiger partial charge on any atom is 0.0364 e. The number of nitrogens with zero attached hydrogens (tertiary/aromatic N) is 2. The van der Waals surface area contributed by atoms with Crippen molar-refractivity contribution in [2.75, 3.05) is 39.1 Å². The molecule has 3 heteroatoms. The standard InChI is InChI=1S/C11H17BrN2/c1-13(2)8-9-14(3)11-6-4-10(12)5-7-11/h4-7H,8-9H2,1-3H3. The molecule has 0 N–H and O–H groups in total. The zero-order valence-corrected chi connectivity index (χ0v) is 10.6. The van der Waals surface area contributed by atoms with Gasteiger partial charge in [0.1, 0.15) is 0 Å². The van der Waals surface area contributed by atoms with Crippen molar-refractivity contribution in [2.24, 2.45) is 0 Å². The van der Waals surface area contributed by atoms with Gasteiger partial charge in [-0.1, -0.05) is 15.9 Å². The van der Waals surface area contributed by atoms with Crippen LogP contribution in [-0.4, -0.2) is 39.1 Å². The molecule has 2 nitrogen and oxygen atoms in total. The Bertz CT molecular complexity index is 269. The van der Waals surface area contributed by atoms with Crippen molar-refractivity contribution >= 4 is 21.6 Å². The summed E-state index contributed by atoms with van der Waals surface area (Å²) < 4.78 is 1.13. The van der Waals surface area contributed by atoms with Crippen LogP contribution in [0.1, 0.15) is 0 Å². The second-order valence-corrected chi connectivity index (χ2v) is 4.62. The van der Waals surface area contributed by atoms with Gasteiger partial charge in [0.15, 0.2) is 0 Å². The lowest BCUT2D eigenvalue weighted by atomic mass is 10.3. The molecule has 0 unspecified atom stereocenters. The van der Waals surface area contributed by atoms with Crippen LogP contribution in [0.25, 0.3) is 0 Å². The van der Waals surface area contributed by atoms with Crippen LogP contribution in [0.5, 0.6) is 0 Å². The molecule has 0 radical (unpaired) electrons. The highest BCUT2D eigenvalue weighted by Gasteiger charge is 2.00. The molecule has 0 spiro atoms. The largest absolute Gasteiger partial charge is 0.373 e. The van der Waals surface area contributed by atoms with Gasteiger partial charge in [0.05, 0.1) is 0 Å². The number of hydrogen-bond acceptors (Lipinski definition) is 2. The Hall–Kier alpha value is -0.540. The zero-order valence-electron chi connectivity index (χ0n) is 9.00. The van der Waals surface area contributed by atoms with Crippen molar-refractivity contribution < 1.29 is 0 Å².